The van der Waals surface area contributed by atoms with Crippen molar-refractivity contribution in [2.24, 2.45) is 0 Å². The number of hydrogen-bond donors (Lipinski definition) is 2. The van der Waals surface area contributed by atoms with Gasteiger partial charge in [0.25, 0.3) is 5.91 Å². The van der Waals surface area contributed by atoms with Gasteiger partial charge in [-0.2, -0.15) is 5.10 Å². The van der Waals surface area contributed by atoms with E-state index in [1.54, 1.807) is 0 Å². The molecular weight excluding hydrogens is 379 g/mol. The standard InChI is InChI=1S/C17H19ClN4OS.ClH/c1-11-14-9-15(16(23)20-8-7-19-2)24-17(14)22(21-11)10-12-3-5-13(18)6-4-12;/h3-6,9,19H,7-8,10H2,1-2H3,(H,20,23);1H. The van der Waals surface area contributed by atoms with Gasteiger partial charge < -0.3 is 10.6 Å². The maximum absolute atomic E-state index is 12.2. The molecule has 0 saturated heterocycles. The number of nitrogens with zero attached hydrogens (tertiary/aromatic N) is 2. The van der Waals surface area contributed by atoms with Crippen molar-refractivity contribution < 1.29 is 4.79 Å². The van der Waals surface area contributed by atoms with Crippen molar-refractivity contribution in [3.8, 4) is 0 Å². The van der Waals surface area contributed by atoms with E-state index in [-0.39, 0.29) is 18.3 Å². The van der Waals surface area contributed by atoms with E-state index in [0.29, 0.717) is 18.0 Å². The van der Waals surface area contributed by atoms with Gasteiger partial charge in [0.1, 0.15) is 4.83 Å². The van der Waals surface area contributed by atoms with Gasteiger partial charge in [0, 0.05) is 23.5 Å². The molecule has 134 valence electrons. The lowest BCUT2D eigenvalue weighted by Crippen LogP contribution is -2.29. The maximum Gasteiger partial charge on any atom is 0.261 e. The lowest BCUT2D eigenvalue weighted by molar-refractivity contribution is 0.0958. The summed E-state index contributed by atoms with van der Waals surface area (Å²) in [6, 6.07) is 9.66. The first-order chi connectivity index (χ1) is 11.6. The Labute approximate surface area is 161 Å². The number of thiophene rings is 1. The molecule has 0 bridgehead atoms. The molecule has 0 aliphatic carbocycles. The van der Waals surface area contributed by atoms with Crippen LogP contribution in [0.3, 0.4) is 0 Å². The molecule has 3 aromatic rings. The van der Waals surface area contributed by atoms with E-state index in [1.165, 1.54) is 11.3 Å². The summed E-state index contributed by atoms with van der Waals surface area (Å²) in [5.41, 5.74) is 2.06. The highest BCUT2D eigenvalue weighted by Crippen LogP contribution is 2.29. The van der Waals surface area contributed by atoms with Crippen molar-refractivity contribution >= 4 is 51.5 Å². The average molecular weight is 399 g/mol. The molecular formula is C17H20Cl2N4OS. The Morgan fingerprint density at radius 3 is 2.68 bits per heavy atom. The number of halogens is 2. The van der Waals surface area contributed by atoms with Gasteiger partial charge in [0.2, 0.25) is 0 Å². The first-order valence-corrected chi connectivity index (χ1v) is 8.92. The van der Waals surface area contributed by atoms with Crippen LogP contribution in [0.25, 0.3) is 10.2 Å². The van der Waals surface area contributed by atoms with Crippen LogP contribution in [-0.4, -0.2) is 35.8 Å². The monoisotopic (exact) mass is 398 g/mol. The second-order valence-corrected chi connectivity index (χ2v) is 7.03. The minimum absolute atomic E-state index is 0. The SMILES string of the molecule is CNCCNC(=O)c1cc2c(C)nn(Cc3ccc(Cl)cc3)c2s1.Cl. The number of hydrogen-bond acceptors (Lipinski definition) is 4. The lowest BCUT2D eigenvalue weighted by Gasteiger charge is -2.04. The van der Waals surface area contributed by atoms with Crippen molar-refractivity contribution in [1.29, 1.82) is 0 Å². The van der Waals surface area contributed by atoms with Gasteiger partial charge >= 0.3 is 0 Å². The molecule has 0 unspecified atom stereocenters. The number of carbonyl (C=O) groups excluding carboxylic acids is 1. The molecule has 1 aromatic carbocycles. The second-order valence-electron chi connectivity index (χ2n) is 5.56. The van der Waals surface area contributed by atoms with E-state index in [9.17, 15) is 4.79 Å². The van der Waals surface area contributed by atoms with Crippen LogP contribution in [-0.2, 0) is 6.54 Å². The Morgan fingerprint density at radius 1 is 1.28 bits per heavy atom. The topological polar surface area (TPSA) is 58.9 Å². The van der Waals surface area contributed by atoms with Gasteiger partial charge in [-0.3, -0.25) is 9.48 Å². The molecule has 0 aliphatic heterocycles. The summed E-state index contributed by atoms with van der Waals surface area (Å²) in [5.74, 6) is -0.0381. The van der Waals surface area contributed by atoms with Gasteiger partial charge in [-0.25, -0.2) is 0 Å². The quantitative estimate of drug-likeness (QED) is 0.624. The number of nitrogens with one attached hydrogen (secondary N) is 2. The van der Waals surface area contributed by atoms with Gasteiger partial charge in [-0.15, -0.1) is 23.7 Å². The smallest absolute Gasteiger partial charge is 0.261 e. The molecule has 8 heteroatoms. The van der Waals surface area contributed by atoms with Crippen LogP contribution in [0.5, 0.6) is 0 Å². The molecule has 25 heavy (non-hydrogen) atoms. The fourth-order valence-electron chi connectivity index (χ4n) is 2.48. The zero-order chi connectivity index (χ0) is 17.1. The molecule has 0 fully saturated rings. The third-order valence-corrected chi connectivity index (χ3v) is 5.14. The minimum atomic E-state index is -0.0381. The average Bonchev–Trinajstić information content (AvgIpc) is 3.12. The molecule has 0 radical (unpaired) electrons. The number of rotatable bonds is 6. The summed E-state index contributed by atoms with van der Waals surface area (Å²) in [5, 5.41) is 12.3. The third kappa shape index (κ3) is 4.52. The first-order valence-electron chi connectivity index (χ1n) is 7.72. The molecule has 5 nitrogen and oxygen atoms in total. The molecule has 0 saturated carbocycles. The van der Waals surface area contributed by atoms with E-state index in [4.69, 9.17) is 11.6 Å². The minimum Gasteiger partial charge on any atom is -0.350 e. The molecule has 0 aliphatic rings. The van der Waals surface area contributed by atoms with E-state index in [0.717, 1.165) is 33.0 Å². The number of fused-ring (bicyclic) bond motifs is 1. The van der Waals surface area contributed by atoms with Crippen LogP contribution in [0, 0.1) is 6.92 Å². The van der Waals surface area contributed by atoms with Crippen LogP contribution in [0.15, 0.2) is 30.3 Å². The van der Waals surface area contributed by atoms with Crippen LogP contribution in [0.2, 0.25) is 5.02 Å². The summed E-state index contributed by atoms with van der Waals surface area (Å²) in [6.45, 7) is 3.98. The highest BCUT2D eigenvalue weighted by Gasteiger charge is 2.16. The number of aryl methyl sites for hydroxylation is 1. The number of amides is 1. The van der Waals surface area contributed by atoms with Gasteiger partial charge in [-0.05, 0) is 37.7 Å². The Balaban J connectivity index is 0.00000225. The molecule has 0 atom stereocenters. The maximum atomic E-state index is 12.2. The predicted octanol–water partition coefficient (Wildman–Crippen LogP) is 3.48. The summed E-state index contributed by atoms with van der Waals surface area (Å²) in [7, 11) is 1.86. The van der Waals surface area contributed by atoms with E-state index < -0.39 is 0 Å². The molecule has 2 aromatic heterocycles. The van der Waals surface area contributed by atoms with Crippen LogP contribution in [0.4, 0.5) is 0 Å². The van der Waals surface area contributed by atoms with Crippen LogP contribution in [0.1, 0.15) is 20.9 Å². The Bertz CT molecular complexity index is 858. The lowest BCUT2D eigenvalue weighted by atomic mass is 10.2. The fraction of sp³-hybridized carbons (Fsp3) is 0.294. The van der Waals surface area contributed by atoms with E-state index in [2.05, 4.69) is 15.7 Å². The highest BCUT2D eigenvalue weighted by atomic mass is 35.5. The molecule has 3 rings (SSSR count). The van der Waals surface area contributed by atoms with Crippen molar-refractivity contribution in [2.45, 2.75) is 13.5 Å². The van der Waals surface area contributed by atoms with E-state index in [1.807, 2.05) is 49.0 Å². The zero-order valence-corrected chi connectivity index (χ0v) is 16.4. The van der Waals surface area contributed by atoms with Crippen molar-refractivity contribution in [2.75, 3.05) is 20.1 Å². The first kappa shape index (κ1) is 19.7. The van der Waals surface area contributed by atoms with Crippen molar-refractivity contribution in [3.05, 3.63) is 51.5 Å². The summed E-state index contributed by atoms with van der Waals surface area (Å²) >= 11 is 7.41. The molecule has 2 heterocycles. The molecule has 1 amide bonds. The normalized spacial score (nSPS) is 10.7. The number of benzene rings is 1. The number of likely N-dealkylation sites (N-methyl/N-ethyl adjacent to an activating group) is 1. The summed E-state index contributed by atoms with van der Waals surface area (Å²) in [6.07, 6.45) is 0. The second kappa shape index (κ2) is 8.67. The van der Waals surface area contributed by atoms with Crippen molar-refractivity contribution in [3.63, 3.8) is 0 Å². The number of carbonyl (C=O) groups is 1. The van der Waals surface area contributed by atoms with Gasteiger partial charge in [-0.1, -0.05) is 23.7 Å². The van der Waals surface area contributed by atoms with E-state index >= 15 is 0 Å². The summed E-state index contributed by atoms with van der Waals surface area (Å²) in [4.78, 5) is 14.0. The van der Waals surface area contributed by atoms with Crippen molar-refractivity contribution in [1.82, 2.24) is 20.4 Å². The Hall–Kier alpha value is -1.60. The van der Waals surface area contributed by atoms with Crippen LogP contribution >= 0.6 is 35.3 Å². The molecule has 2 N–H and O–H groups in total. The highest BCUT2D eigenvalue weighted by molar-refractivity contribution is 7.20. The van der Waals surface area contributed by atoms with Crippen LogP contribution < -0.4 is 10.6 Å². The fourth-order valence-corrected chi connectivity index (χ4v) is 3.69. The predicted molar refractivity (Wildman–Crippen MR) is 106 cm³/mol. The Morgan fingerprint density at radius 2 is 2.00 bits per heavy atom. The largest absolute Gasteiger partial charge is 0.350 e. The third-order valence-electron chi connectivity index (χ3n) is 3.74. The molecule has 0 spiro atoms. The Kier molecular flexibility index (Phi) is 6.84. The van der Waals surface area contributed by atoms with Gasteiger partial charge in [0.15, 0.2) is 0 Å². The van der Waals surface area contributed by atoms with Gasteiger partial charge in [0.05, 0.1) is 17.1 Å². The zero-order valence-electron chi connectivity index (χ0n) is 14.0. The number of aromatic nitrogens is 2. The summed E-state index contributed by atoms with van der Waals surface area (Å²) < 4.78 is 1.95.